The third-order valence-corrected chi connectivity index (χ3v) is 3.03. The maximum Gasteiger partial charge on any atom is 0.148 e. The van der Waals surface area contributed by atoms with Crippen molar-refractivity contribution in [3.05, 3.63) is 29.8 Å². The zero-order valence-electron chi connectivity index (χ0n) is 10.1. The normalized spacial score (nSPS) is 14.3. The molecule has 0 aliphatic heterocycles. The molecule has 1 aliphatic rings. The van der Waals surface area contributed by atoms with Crippen LogP contribution in [-0.2, 0) is 6.54 Å². The second-order valence-electron chi connectivity index (χ2n) is 4.51. The third kappa shape index (κ3) is 4.13. The Bertz CT molecular complexity index is 390. The van der Waals surface area contributed by atoms with E-state index in [2.05, 4.69) is 17.3 Å². The molecule has 1 fully saturated rings. The summed E-state index contributed by atoms with van der Waals surface area (Å²) in [6, 6.07) is 8.05. The molecule has 2 heteroatoms. The van der Waals surface area contributed by atoms with Crippen LogP contribution in [0.4, 0.5) is 0 Å². The van der Waals surface area contributed by atoms with E-state index in [1.165, 1.54) is 24.8 Å². The first-order valence-electron chi connectivity index (χ1n) is 6.25. The summed E-state index contributed by atoms with van der Waals surface area (Å²) in [4.78, 5) is 0. The van der Waals surface area contributed by atoms with Crippen LogP contribution < -0.4 is 10.1 Å². The minimum atomic E-state index is 0.332. The van der Waals surface area contributed by atoms with Crippen molar-refractivity contribution < 1.29 is 4.74 Å². The topological polar surface area (TPSA) is 21.3 Å². The summed E-state index contributed by atoms with van der Waals surface area (Å²) in [6.07, 6.45) is 9.34. The summed E-state index contributed by atoms with van der Waals surface area (Å²) in [5.74, 6) is 4.37. The van der Waals surface area contributed by atoms with Crippen molar-refractivity contribution in [3.8, 4) is 18.1 Å². The highest BCUT2D eigenvalue weighted by Crippen LogP contribution is 2.31. The summed E-state index contributed by atoms with van der Waals surface area (Å²) >= 11 is 0. The minimum Gasteiger partial charge on any atom is -0.481 e. The summed E-state index contributed by atoms with van der Waals surface area (Å²) in [5, 5.41) is 3.46. The van der Waals surface area contributed by atoms with E-state index in [4.69, 9.17) is 11.2 Å². The monoisotopic (exact) mass is 229 g/mol. The van der Waals surface area contributed by atoms with Gasteiger partial charge in [-0.05, 0) is 24.9 Å². The van der Waals surface area contributed by atoms with E-state index < -0.39 is 0 Å². The molecule has 0 amide bonds. The fourth-order valence-electron chi connectivity index (χ4n) is 1.85. The van der Waals surface area contributed by atoms with Crippen LogP contribution >= 0.6 is 0 Å². The predicted molar refractivity (Wildman–Crippen MR) is 69.8 cm³/mol. The quantitative estimate of drug-likeness (QED) is 0.573. The standard InChI is InChI=1S/C15H19NO/c1-2-11-17-15-6-4-3-5-14(15)12-16-10-9-13-7-8-13/h1,3-6,13,16H,7-12H2. The van der Waals surface area contributed by atoms with Crippen LogP contribution in [0.1, 0.15) is 24.8 Å². The molecule has 1 saturated carbocycles. The van der Waals surface area contributed by atoms with E-state index in [1.807, 2.05) is 18.2 Å². The summed E-state index contributed by atoms with van der Waals surface area (Å²) in [7, 11) is 0. The van der Waals surface area contributed by atoms with Gasteiger partial charge in [-0.25, -0.2) is 0 Å². The Morgan fingerprint density at radius 2 is 2.18 bits per heavy atom. The molecule has 17 heavy (non-hydrogen) atoms. The van der Waals surface area contributed by atoms with Gasteiger partial charge in [-0.15, -0.1) is 6.42 Å². The lowest BCUT2D eigenvalue weighted by atomic mass is 10.2. The van der Waals surface area contributed by atoms with Crippen LogP contribution in [-0.4, -0.2) is 13.2 Å². The number of rotatable bonds is 7. The SMILES string of the molecule is C#CCOc1ccccc1CNCCC1CC1. The van der Waals surface area contributed by atoms with E-state index in [-0.39, 0.29) is 0 Å². The lowest BCUT2D eigenvalue weighted by molar-refractivity contribution is 0.364. The highest BCUT2D eigenvalue weighted by atomic mass is 16.5. The summed E-state index contributed by atoms with van der Waals surface area (Å²) < 4.78 is 5.50. The maximum atomic E-state index is 5.50. The van der Waals surface area contributed by atoms with E-state index in [0.717, 1.165) is 24.8 Å². The first-order chi connectivity index (χ1) is 8.40. The second kappa shape index (κ2) is 6.32. The number of para-hydroxylation sites is 1. The third-order valence-electron chi connectivity index (χ3n) is 3.03. The average molecular weight is 229 g/mol. The van der Waals surface area contributed by atoms with Crippen LogP contribution in [0.25, 0.3) is 0 Å². The maximum absolute atomic E-state index is 5.50. The van der Waals surface area contributed by atoms with Crippen LogP contribution in [0.5, 0.6) is 5.75 Å². The Hall–Kier alpha value is -1.46. The molecule has 1 N–H and O–H groups in total. The Morgan fingerprint density at radius 1 is 1.35 bits per heavy atom. The fraction of sp³-hybridized carbons (Fsp3) is 0.467. The van der Waals surface area contributed by atoms with Gasteiger partial charge in [0.2, 0.25) is 0 Å². The number of hydrogen-bond donors (Lipinski definition) is 1. The van der Waals surface area contributed by atoms with Gasteiger partial charge in [-0.2, -0.15) is 0 Å². The smallest absolute Gasteiger partial charge is 0.148 e. The Kier molecular flexibility index (Phi) is 4.46. The highest BCUT2D eigenvalue weighted by Gasteiger charge is 2.19. The van der Waals surface area contributed by atoms with Crippen LogP contribution in [0, 0.1) is 18.3 Å². The van der Waals surface area contributed by atoms with Crippen LogP contribution in [0.3, 0.4) is 0 Å². The molecule has 2 rings (SSSR count). The van der Waals surface area contributed by atoms with Gasteiger partial charge < -0.3 is 10.1 Å². The lowest BCUT2D eigenvalue weighted by Crippen LogP contribution is -2.16. The molecule has 0 unspecified atom stereocenters. The molecule has 0 spiro atoms. The molecule has 0 heterocycles. The van der Waals surface area contributed by atoms with Crippen molar-refractivity contribution in [1.29, 1.82) is 0 Å². The molecule has 0 saturated heterocycles. The van der Waals surface area contributed by atoms with E-state index in [0.29, 0.717) is 6.61 Å². The Labute approximate surface area is 103 Å². The lowest BCUT2D eigenvalue weighted by Gasteiger charge is -2.10. The average Bonchev–Trinajstić information content (AvgIpc) is 3.17. The van der Waals surface area contributed by atoms with E-state index in [1.54, 1.807) is 0 Å². The second-order valence-corrected chi connectivity index (χ2v) is 4.51. The van der Waals surface area contributed by atoms with Crippen molar-refractivity contribution in [2.45, 2.75) is 25.8 Å². The number of terminal acetylenes is 1. The van der Waals surface area contributed by atoms with Gasteiger partial charge >= 0.3 is 0 Å². The summed E-state index contributed by atoms with van der Waals surface area (Å²) in [6.45, 7) is 2.28. The van der Waals surface area contributed by atoms with E-state index in [9.17, 15) is 0 Å². The van der Waals surface area contributed by atoms with Gasteiger partial charge in [0.15, 0.2) is 0 Å². The number of hydrogen-bond acceptors (Lipinski definition) is 2. The Morgan fingerprint density at radius 3 is 2.94 bits per heavy atom. The van der Waals surface area contributed by atoms with Gasteiger partial charge in [0, 0.05) is 12.1 Å². The predicted octanol–water partition coefficient (Wildman–Crippen LogP) is 2.59. The zero-order valence-corrected chi connectivity index (χ0v) is 10.1. The molecule has 1 aliphatic carbocycles. The molecule has 1 aromatic rings. The first kappa shape index (κ1) is 12.0. The van der Waals surface area contributed by atoms with Crippen molar-refractivity contribution >= 4 is 0 Å². The fourth-order valence-corrected chi connectivity index (χ4v) is 1.85. The number of nitrogens with one attached hydrogen (secondary N) is 1. The molecule has 0 bridgehead atoms. The van der Waals surface area contributed by atoms with Gasteiger partial charge in [0.05, 0.1) is 0 Å². The largest absolute Gasteiger partial charge is 0.481 e. The molecule has 2 nitrogen and oxygen atoms in total. The molecule has 0 atom stereocenters. The van der Waals surface area contributed by atoms with Crippen molar-refractivity contribution in [1.82, 2.24) is 5.32 Å². The number of ether oxygens (including phenoxy) is 1. The highest BCUT2D eigenvalue weighted by molar-refractivity contribution is 5.33. The van der Waals surface area contributed by atoms with Gasteiger partial charge in [-0.3, -0.25) is 0 Å². The van der Waals surface area contributed by atoms with E-state index >= 15 is 0 Å². The van der Waals surface area contributed by atoms with Crippen molar-refractivity contribution in [2.24, 2.45) is 5.92 Å². The molecule has 1 aromatic carbocycles. The van der Waals surface area contributed by atoms with Crippen molar-refractivity contribution in [2.75, 3.05) is 13.2 Å². The van der Waals surface area contributed by atoms with Crippen molar-refractivity contribution in [3.63, 3.8) is 0 Å². The van der Waals surface area contributed by atoms with Crippen LogP contribution in [0.15, 0.2) is 24.3 Å². The zero-order chi connectivity index (χ0) is 11.9. The van der Waals surface area contributed by atoms with Gasteiger partial charge in [-0.1, -0.05) is 37.0 Å². The molecular weight excluding hydrogens is 210 g/mol. The van der Waals surface area contributed by atoms with Crippen LogP contribution in [0.2, 0.25) is 0 Å². The van der Waals surface area contributed by atoms with Gasteiger partial charge in [0.1, 0.15) is 12.4 Å². The number of benzene rings is 1. The summed E-state index contributed by atoms with van der Waals surface area (Å²) in [5.41, 5.74) is 1.18. The van der Waals surface area contributed by atoms with Gasteiger partial charge in [0.25, 0.3) is 0 Å². The Balaban J connectivity index is 1.78. The molecule has 0 aromatic heterocycles. The molecule has 90 valence electrons. The molecular formula is C15H19NO. The first-order valence-corrected chi connectivity index (χ1v) is 6.25. The minimum absolute atomic E-state index is 0.332. The molecule has 0 radical (unpaired) electrons.